The monoisotopic (exact) mass is 344 g/mol. The smallest absolute Gasteiger partial charge is 0.314 e. The maximum Gasteiger partial charge on any atom is 0.314 e. The van der Waals surface area contributed by atoms with Gasteiger partial charge in [-0.25, -0.2) is 4.68 Å². The average Bonchev–Trinajstić information content (AvgIpc) is 3.18. The minimum Gasteiger partial charge on any atom is -0.345 e. The predicted octanol–water partition coefficient (Wildman–Crippen LogP) is 2.47. The van der Waals surface area contributed by atoms with Crippen LogP contribution in [0.4, 0.5) is 5.82 Å². The number of para-hydroxylation sites is 1. The Hall–Kier alpha value is -2.28. The SMILES string of the molecule is CC[C@H](C)NC(=O)C(=O)Nc1c2c(nn1-c1ccccc1)CSC2. The van der Waals surface area contributed by atoms with Crippen LogP contribution in [0.1, 0.15) is 31.5 Å². The van der Waals surface area contributed by atoms with E-state index in [9.17, 15) is 9.59 Å². The van der Waals surface area contributed by atoms with Crippen LogP contribution in [0.5, 0.6) is 0 Å². The highest BCUT2D eigenvalue weighted by Gasteiger charge is 2.26. The number of anilines is 1. The van der Waals surface area contributed by atoms with Crippen molar-refractivity contribution in [3.05, 3.63) is 41.6 Å². The van der Waals surface area contributed by atoms with E-state index in [4.69, 9.17) is 0 Å². The number of nitrogens with zero attached hydrogens (tertiary/aromatic N) is 2. The van der Waals surface area contributed by atoms with Crippen molar-refractivity contribution in [2.75, 3.05) is 5.32 Å². The van der Waals surface area contributed by atoms with E-state index in [-0.39, 0.29) is 6.04 Å². The molecule has 7 heteroatoms. The van der Waals surface area contributed by atoms with Gasteiger partial charge in [0.05, 0.1) is 11.4 Å². The molecule has 1 aromatic carbocycles. The summed E-state index contributed by atoms with van der Waals surface area (Å²) in [6.07, 6.45) is 0.771. The van der Waals surface area contributed by atoms with Crippen molar-refractivity contribution >= 4 is 29.4 Å². The molecule has 3 rings (SSSR count). The summed E-state index contributed by atoms with van der Waals surface area (Å²) in [6.45, 7) is 3.82. The van der Waals surface area contributed by atoms with Crippen LogP contribution in [-0.4, -0.2) is 27.6 Å². The molecule has 0 bridgehead atoms. The van der Waals surface area contributed by atoms with Gasteiger partial charge in [-0.15, -0.1) is 0 Å². The number of benzene rings is 1. The van der Waals surface area contributed by atoms with E-state index in [0.29, 0.717) is 5.82 Å². The van der Waals surface area contributed by atoms with Crippen molar-refractivity contribution in [2.24, 2.45) is 0 Å². The number of amides is 2. The first-order valence-corrected chi connectivity index (χ1v) is 9.11. The molecule has 0 fully saturated rings. The Bertz CT molecular complexity index is 757. The third-order valence-corrected chi connectivity index (χ3v) is 4.95. The lowest BCUT2D eigenvalue weighted by Crippen LogP contribution is -2.40. The fourth-order valence-corrected chi connectivity index (χ4v) is 3.49. The van der Waals surface area contributed by atoms with E-state index >= 15 is 0 Å². The van der Waals surface area contributed by atoms with Crippen molar-refractivity contribution in [1.29, 1.82) is 0 Å². The van der Waals surface area contributed by atoms with E-state index < -0.39 is 11.8 Å². The van der Waals surface area contributed by atoms with Gasteiger partial charge in [0.15, 0.2) is 0 Å². The summed E-state index contributed by atoms with van der Waals surface area (Å²) in [4.78, 5) is 24.3. The zero-order chi connectivity index (χ0) is 17.1. The second-order valence-electron chi connectivity index (χ2n) is 5.75. The van der Waals surface area contributed by atoms with Crippen LogP contribution in [0.2, 0.25) is 0 Å². The maximum atomic E-state index is 12.3. The Morgan fingerprint density at radius 1 is 1.25 bits per heavy atom. The lowest BCUT2D eigenvalue weighted by molar-refractivity contribution is -0.136. The fraction of sp³-hybridized carbons (Fsp3) is 0.353. The zero-order valence-corrected chi connectivity index (χ0v) is 14.5. The molecule has 0 saturated carbocycles. The second-order valence-corrected chi connectivity index (χ2v) is 6.74. The molecule has 1 atom stereocenters. The molecule has 1 aliphatic heterocycles. The highest BCUT2D eigenvalue weighted by Crippen LogP contribution is 2.35. The highest BCUT2D eigenvalue weighted by molar-refractivity contribution is 7.98. The van der Waals surface area contributed by atoms with Gasteiger partial charge in [-0.3, -0.25) is 9.59 Å². The van der Waals surface area contributed by atoms with Crippen LogP contribution < -0.4 is 10.6 Å². The van der Waals surface area contributed by atoms with Crippen LogP contribution in [0.3, 0.4) is 0 Å². The second kappa shape index (κ2) is 7.09. The largest absolute Gasteiger partial charge is 0.345 e. The fourth-order valence-electron chi connectivity index (χ4n) is 2.45. The Labute approximate surface area is 145 Å². The van der Waals surface area contributed by atoms with E-state index in [1.54, 1.807) is 16.4 Å². The van der Waals surface area contributed by atoms with Gasteiger partial charge in [0.1, 0.15) is 5.82 Å². The lowest BCUT2D eigenvalue weighted by atomic mass is 10.2. The third kappa shape index (κ3) is 3.31. The molecule has 1 aromatic heterocycles. The molecule has 1 aliphatic rings. The molecule has 0 aliphatic carbocycles. The molecule has 0 spiro atoms. The molecule has 24 heavy (non-hydrogen) atoms. The van der Waals surface area contributed by atoms with Crippen LogP contribution in [0, 0.1) is 0 Å². The van der Waals surface area contributed by atoms with Crippen molar-refractivity contribution in [3.8, 4) is 5.69 Å². The van der Waals surface area contributed by atoms with Crippen LogP contribution in [0.25, 0.3) is 5.69 Å². The van der Waals surface area contributed by atoms with Gasteiger partial charge < -0.3 is 10.6 Å². The summed E-state index contributed by atoms with van der Waals surface area (Å²) in [6, 6.07) is 9.56. The highest BCUT2D eigenvalue weighted by atomic mass is 32.2. The van der Waals surface area contributed by atoms with Crippen molar-refractivity contribution in [2.45, 2.75) is 37.8 Å². The Morgan fingerprint density at radius 2 is 2.00 bits per heavy atom. The van der Waals surface area contributed by atoms with Gasteiger partial charge in [-0.05, 0) is 25.5 Å². The summed E-state index contributed by atoms with van der Waals surface area (Å²) < 4.78 is 1.71. The van der Waals surface area contributed by atoms with Gasteiger partial charge in [-0.2, -0.15) is 16.9 Å². The van der Waals surface area contributed by atoms with E-state index in [0.717, 1.165) is 34.9 Å². The Morgan fingerprint density at radius 3 is 2.71 bits per heavy atom. The minimum absolute atomic E-state index is 0.0384. The number of rotatable bonds is 4. The number of fused-ring (bicyclic) bond motifs is 1. The first kappa shape index (κ1) is 16.6. The molecule has 6 nitrogen and oxygen atoms in total. The molecular weight excluding hydrogens is 324 g/mol. The average molecular weight is 344 g/mol. The third-order valence-electron chi connectivity index (χ3n) is 3.98. The Kier molecular flexibility index (Phi) is 4.89. The van der Waals surface area contributed by atoms with Crippen molar-refractivity contribution in [1.82, 2.24) is 15.1 Å². The van der Waals surface area contributed by atoms with E-state index in [1.807, 2.05) is 44.2 Å². The Balaban J connectivity index is 1.87. The maximum absolute atomic E-state index is 12.3. The van der Waals surface area contributed by atoms with Gasteiger partial charge >= 0.3 is 11.8 Å². The molecule has 2 amide bonds. The van der Waals surface area contributed by atoms with Gasteiger partial charge in [0, 0.05) is 23.1 Å². The molecule has 0 unspecified atom stereocenters. The number of carbonyl (C=O) groups is 2. The summed E-state index contributed by atoms with van der Waals surface area (Å²) in [5.74, 6) is 0.907. The van der Waals surface area contributed by atoms with Crippen LogP contribution in [0.15, 0.2) is 30.3 Å². The molecular formula is C17H20N4O2S. The number of hydrogen-bond donors (Lipinski definition) is 2. The summed E-state index contributed by atoms with van der Waals surface area (Å²) in [5.41, 5.74) is 2.81. The zero-order valence-electron chi connectivity index (χ0n) is 13.7. The van der Waals surface area contributed by atoms with E-state index in [2.05, 4.69) is 15.7 Å². The molecule has 2 aromatic rings. The van der Waals surface area contributed by atoms with Gasteiger partial charge in [0.2, 0.25) is 0 Å². The number of carbonyl (C=O) groups excluding carboxylic acids is 2. The van der Waals surface area contributed by atoms with Crippen LogP contribution >= 0.6 is 11.8 Å². The number of nitrogens with one attached hydrogen (secondary N) is 2. The number of aromatic nitrogens is 2. The van der Waals surface area contributed by atoms with Gasteiger partial charge in [0.25, 0.3) is 0 Å². The number of hydrogen-bond acceptors (Lipinski definition) is 4. The van der Waals surface area contributed by atoms with Crippen molar-refractivity contribution < 1.29 is 9.59 Å². The van der Waals surface area contributed by atoms with E-state index in [1.165, 1.54) is 0 Å². The summed E-state index contributed by atoms with van der Waals surface area (Å²) >= 11 is 1.75. The quantitative estimate of drug-likeness (QED) is 0.836. The normalized spacial score (nSPS) is 14.1. The first-order chi connectivity index (χ1) is 11.6. The summed E-state index contributed by atoms with van der Waals surface area (Å²) in [5, 5.41) is 10.0. The lowest BCUT2D eigenvalue weighted by Gasteiger charge is -2.13. The first-order valence-electron chi connectivity index (χ1n) is 7.96. The molecule has 2 heterocycles. The standard InChI is InChI=1S/C17H20N4O2S/c1-3-11(2)18-16(22)17(23)19-15-13-9-24-10-14(13)20-21(15)12-7-5-4-6-8-12/h4-8,11H,3,9-10H2,1-2H3,(H,18,22)(H,19,23)/t11-/m0/s1. The molecule has 126 valence electrons. The molecule has 0 radical (unpaired) electrons. The van der Waals surface area contributed by atoms with Gasteiger partial charge in [-0.1, -0.05) is 25.1 Å². The molecule has 0 saturated heterocycles. The predicted molar refractivity (Wildman–Crippen MR) is 95.1 cm³/mol. The summed E-state index contributed by atoms with van der Waals surface area (Å²) in [7, 11) is 0. The topological polar surface area (TPSA) is 76.0 Å². The molecule has 2 N–H and O–H groups in total. The van der Waals surface area contributed by atoms with Crippen LogP contribution in [-0.2, 0) is 21.1 Å². The van der Waals surface area contributed by atoms with Crippen molar-refractivity contribution in [3.63, 3.8) is 0 Å². The number of thioether (sulfide) groups is 1. The minimum atomic E-state index is -0.660.